The minimum Gasteiger partial charge on any atom is -0.496 e. The number of thioether (sulfide) groups is 1. The highest BCUT2D eigenvalue weighted by Crippen LogP contribution is 2.25. The number of hydrogen-bond acceptors (Lipinski definition) is 3. The lowest BCUT2D eigenvalue weighted by Gasteiger charge is -2.11. The van der Waals surface area contributed by atoms with E-state index in [0.29, 0.717) is 0 Å². The highest BCUT2D eigenvalue weighted by atomic mass is 35.5. The van der Waals surface area contributed by atoms with Crippen molar-refractivity contribution in [3.8, 4) is 5.75 Å². The molecule has 2 nitrogen and oxygen atoms in total. The number of ether oxygens (including phenoxy) is 1. The van der Waals surface area contributed by atoms with Crippen molar-refractivity contribution in [1.82, 2.24) is 5.32 Å². The Labute approximate surface area is 113 Å². The summed E-state index contributed by atoms with van der Waals surface area (Å²) in [6.45, 7) is 1.79. The van der Waals surface area contributed by atoms with E-state index >= 15 is 0 Å². The van der Waals surface area contributed by atoms with Gasteiger partial charge in [0.25, 0.3) is 0 Å². The summed E-state index contributed by atoms with van der Waals surface area (Å²) >= 11 is 8.04. The van der Waals surface area contributed by atoms with Crippen molar-refractivity contribution in [2.75, 3.05) is 25.7 Å². The maximum absolute atomic E-state index is 6.15. The monoisotopic (exact) mass is 273 g/mol. The molecule has 0 fully saturated rings. The standard InChI is InChI=1S/C13H20ClNOS/c1-16-13-7-5-6-12(14)11(13)10-15-8-3-4-9-17-2/h5-7,15H,3-4,8-10H2,1-2H3. The molecule has 0 heterocycles. The van der Waals surface area contributed by atoms with Gasteiger partial charge in [-0.15, -0.1) is 0 Å². The summed E-state index contributed by atoms with van der Waals surface area (Å²) in [5, 5.41) is 4.17. The highest BCUT2D eigenvalue weighted by Gasteiger charge is 2.06. The normalized spacial score (nSPS) is 10.5. The predicted octanol–water partition coefficient (Wildman–Crippen LogP) is 3.58. The predicted molar refractivity (Wildman–Crippen MR) is 77.3 cm³/mol. The van der Waals surface area contributed by atoms with Gasteiger partial charge in [-0.2, -0.15) is 11.8 Å². The number of nitrogens with one attached hydrogen (secondary N) is 1. The van der Waals surface area contributed by atoms with E-state index in [1.165, 1.54) is 18.6 Å². The summed E-state index contributed by atoms with van der Waals surface area (Å²) in [5.41, 5.74) is 1.04. The maximum atomic E-state index is 6.15. The third-order valence-corrected chi connectivity index (χ3v) is 3.60. The van der Waals surface area contributed by atoms with Gasteiger partial charge in [-0.25, -0.2) is 0 Å². The number of hydrogen-bond donors (Lipinski definition) is 1. The van der Waals surface area contributed by atoms with Crippen LogP contribution < -0.4 is 10.1 Å². The molecule has 0 saturated heterocycles. The zero-order valence-corrected chi connectivity index (χ0v) is 12.0. The second-order valence-electron chi connectivity index (χ2n) is 3.80. The van der Waals surface area contributed by atoms with Crippen molar-refractivity contribution >= 4 is 23.4 Å². The lowest BCUT2D eigenvalue weighted by Crippen LogP contribution is -2.15. The highest BCUT2D eigenvalue weighted by molar-refractivity contribution is 7.98. The van der Waals surface area contributed by atoms with Crippen molar-refractivity contribution < 1.29 is 4.74 Å². The number of halogens is 1. The first kappa shape index (κ1) is 14.7. The van der Waals surface area contributed by atoms with Crippen LogP contribution in [0.15, 0.2) is 18.2 Å². The van der Waals surface area contributed by atoms with Crippen LogP contribution in [0.1, 0.15) is 18.4 Å². The number of rotatable bonds is 8. The molecule has 0 atom stereocenters. The molecule has 0 aliphatic heterocycles. The van der Waals surface area contributed by atoms with Crippen molar-refractivity contribution in [2.45, 2.75) is 19.4 Å². The van der Waals surface area contributed by atoms with Gasteiger partial charge in [-0.05, 0) is 43.5 Å². The molecule has 0 aliphatic rings. The fourth-order valence-corrected chi connectivity index (χ4v) is 2.34. The number of benzene rings is 1. The quantitative estimate of drug-likeness (QED) is 0.732. The minimum atomic E-state index is 0.765. The summed E-state index contributed by atoms with van der Waals surface area (Å²) in [4.78, 5) is 0. The molecule has 0 amide bonds. The van der Waals surface area contributed by atoms with E-state index in [0.717, 1.165) is 29.4 Å². The molecule has 1 aromatic rings. The lowest BCUT2D eigenvalue weighted by atomic mass is 10.2. The fraction of sp³-hybridized carbons (Fsp3) is 0.538. The average Bonchev–Trinajstić information content (AvgIpc) is 2.35. The molecule has 1 rings (SSSR count). The summed E-state index contributed by atoms with van der Waals surface area (Å²) in [7, 11) is 1.67. The first-order valence-electron chi connectivity index (χ1n) is 5.80. The molecule has 0 radical (unpaired) electrons. The van der Waals surface area contributed by atoms with Crippen molar-refractivity contribution in [1.29, 1.82) is 0 Å². The zero-order valence-electron chi connectivity index (χ0n) is 10.5. The Balaban J connectivity index is 2.35. The van der Waals surface area contributed by atoms with E-state index in [1.807, 2.05) is 30.0 Å². The van der Waals surface area contributed by atoms with Gasteiger partial charge in [-0.1, -0.05) is 17.7 Å². The molecular weight excluding hydrogens is 254 g/mol. The molecule has 0 spiro atoms. The van der Waals surface area contributed by atoms with Crippen LogP contribution in [0.3, 0.4) is 0 Å². The van der Waals surface area contributed by atoms with Gasteiger partial charge in [0.1, 0.15) is 5.75 Å². The van der Waals surface area contributed by atoms with E-state index in [1.54, 1.807) is 7.11 Å². The third-order valence-electron chi connectivity index (χ3n) is 2.55. The second kappa shape index (κ2) is 8.67. The smallest absolute Gasteiger partial charge is 0.124 e. The summed E-state index contributed by atoms with van der Waals surface area (Å²) in [5.74, 6) is 2.09. The van der Waals surface area contributed by atoms with Crippen LogP contribution in [0.2, 0.25) is 5.02 Å². The van der Waals surface area contributed by atoms with Gasteiger partial charge in [0.2, 0.25) is 0 Å². The summed E-state index contributed by atoms with van der Waals surface area (Å²) < 4.78 is 5.29. The van der Waals surface area contributed by atoms with Crippen LogP contribution in [0.5, 0.6) is 5.75 Å². The fourth-order valence-electron chi connectivity index (χ4n) is 1.61. The van der Waals surface area contributed by atoms with E-state index in [2.05, 4.69) is 11.6 Å². The van der Waals surface area contributed by atoms with Crippen LogP contribution in [0, 0.1) is 0 Å². The van der Waals surface area contributed by atoms with Gasteiger partial charge in [0, 0.05) is 17.1 Å². The molecule has 17 heavy (non-hydrogen) atoms. The van der Waals surface area contributed by atoms with Crippen molar-refractivity contribution in [2.24, 2.45) is 0 Å². The van der Waals surface area contributed by atoms with Gasteiger partial charge in [0.05, 0.1) is 7.11 Å². The van der Waals surface area contributed by atoms with Crippen molar-refractivity contribution in [3.05, 3.63) is 28.8 Å². The largest absolute Gasteiger partial charge is 0.496 e. The molecule has 1 N–H and O–H groups in total. The Morgan fingerprint density at radius 2 is 2.18 bits per heavy atom. The molecule has 0 bridgehead atoms. The first-order chi connectivity index (χ1) is 8.29. The Kier molecular flexibility index (Phi) is 7.49. The van der Waals surface area contributed by atoms with E-state index < -0.39 is 0 Å². The van der Waals surface area contributed by atoms with Crippen LogP contribution in [-0.2, 0) is 6.54 Å². The van der Waals surface area contributed by atoms with Gasteiger partial charge < -0.3 is 10.1 Å². The molecule has 0 aliphatic carbocycles. The Bertz CT molecular complexity index is 333. The molecule has 96 valence electrons. The molecule has 1 aromatic carbocycles. The third kappa shape index (κ3) is 5.19. The van der Waals surface area contributed by atoms with Gasteiger partial charge >= 0.3 is 0 Å². The first-order valence-corrected chi connectivity index (χ1v) is 7.57. The maximum Gasteiger partial charge on any atom is 0.124 e. The molecular formula is C13H20ClNOS. The van der Waals surface area contributed by atoms with E-state index in [9.17, 15) is 0 Å². The van der Waals surface area contributed by atoms with E-state index in [4.69, 9.17) is 16.3 Å². The summed E-state index contributed by atoms with van der Waals surface area (Å²) in [6.07, 6.45) is 4.60. The van der Waals surface area contributed by atoms with Gasteiger partial charge in [-0.3, -0.25) is 0 Å². The number of methoxy groups -OCH3 is 1. The lowest BCUT2D eigenvalue weighted by molar-refractivity contribution is 0.407. The van der Waals surface area contributed by atoms with Crippen molar-refractivity contribution in [3.63, 3.8) is 0 Å². The second-order valence-corrected chi connectivity index (χ2v) is 5.19. The topological polar surface area (TPSA) is 21.3 Å². The van der Waals surface area contributed by atoms with Crippen LogP contribution in [0.25, 0.3) is 0 Å². The summed E-state index contributed by atoms with van der Waals surface area (Å²) in [6, 6.07) is 5.74. The van der Waals surface area contributed by atoms with Crippen LogP contribution >= 0.6 is 23.4 Å². The van der Waals surface area contributed by atoms with Gasteiger partial charge in [0.15, 0.2) is 0 Å². The van der Waals surface area contributed by atoms with Crippen LogP contribution in [0.4, 0.5) is 0 Å². The van der Waals surface area contributed by atoms with E-state index in [-0.39, 0.29) is 0 Å². The molecule has 4 heteroatoms. The molecule has 0 aromatic heterocycles. The zero-order chi connectivity index (χ0) is 12.5. The Morgan fingerprint density at radius 3 is 2.88 bits per heavy atom. The SMILES string of the molecule is COc1cccc(Cl)c1CNCCCCSC. The number of unbranched alkanes of at least 4 members (excludes halogenated alkanes) is 1. The molecule has 0 unspecified atom stereocenters. The average molecular weight is 274 g/mol. The molecule has 0 saturated carbocycles. The van der Waals surface area contributed by atoms with Crippen LogP contribution in [-0.4, -0.2) is 25.7 Å². The Morgan fingerprint density at radius 1 is 1.35 bits per heavy atom. The minimum absolute atomic E-state index is 0.765. The Hall–Kier alpha value is -0.380.